The number of phenols is 1. The summed E-state index contributed by atoms with van der Waals surface area (Å²) in [5.74, 6) is 0.293. The van der Waals surface area contributed by atoms with Gasteiger partial charge in [-0.1, -0.05) is 66.8 Å². The van der Waals surface area contributed by atoms with Gasteiger partial charge in [-0.05, 0) is 23.3 Å². The third-order valence-electron chi connectivity index (χ3n) is 2.38. The van der Waals surface area contributed by atoms with Crippen molar-refractivity contribution in [3.63, 3.8) is 0 Å². The lowest BCUT2D eigenvalue weighted by molar-refractivity contribution is 0.475. The van der Waals surface area contributed by atoms with Gasteiger partial charge in [0.2, 0.25) is 0 Å². The van der Waals surface area contributed by atoms with Gasteiger partial charge in [0.15, 0.2) is 0 Å². The second-order valence-electron chi connectivity index (χ2n) is 3.72. The van der Waals surface area contributed by atoms with Gasteiger partial charge in [-0.3, -0.25) is 0 Å². The Morgan fingerprint density at radius 3 is 1.76 bits per heavy atom. The first kappa shape index (κ1) is 11.2. The minimum atomic E-state index is 0.293. The molecule has 2 rings (SSSR count). The van der Waals surface area contributed by atoms with Crippen LogP contribution in [-0.4, -0.2) is 5.11 Å². The van der Waals surface area contributed by atoms with Crippen molar-refractivity contribution in [1.29, 1.82) is 0 Å². The molecule has 0 heterocycles. The highest BCUT2D eigenvalue weighted by atomic mass is 16.3. The van der Waals surface area contributed by atoms with Crippen molar-refractivity contribution in [1.82, 2.24) is 0 Å². The molecule has 1 heteroatoms. The molecule has 1 N–H and O–H groups in total. The van der Waals surface area contributed by atoms with Crippen LogP contribution < -0.4 is 0 Å². The van der Waals surface area contributed by atoms with Crippen LogP contribution in [0.4, 0.5) is 0 Å². The number of phenolic OH excluding ortho intramolecular Hbond substituents is 1. The summed E-state index contributed by atoms with van der Waals surface area (Å²) in [6, 6.07) is 17.3. The summed E-state index contributed by atoms with van der Waals surface area (Å²) >= 11 is 0. The van der Waals surface area contributed by atoms with E-state index in [9.17, 15) is 0 Å². The van der Waals surface area contributed by atoms with E-state index < -0.39 is 0 Å². The van der Waals surface area contributed by atoms with E-state index in [1.807, 2.05) is 48.6 Å². The van der Waals surface area contributed by atoms with Gasteiger partial charge >= 0.3 is 0 Å². The average molecular weight is 222 g/mol. The SMILES string of the molecule is Oc1ccc(C=CC=Cc2ccccc2)cc1. The number of benzene rings is 2. The van der Waals surface area contributed by atoms with E-state index in [4.69, 9.17) is 5.11 Å². The van der Waals surface area contributed by atoms with Gasteiger partial charge in [-0.2, -0.15) is 0 Å². The highest BCUT2D eigenvalue weighted by Gasteiger charge is 1.86. The molecule has 0 bridgehead atoms. The molecule has 2 aromatic carbocycles. The van der Waals surface area contributed by atoms with Gasteiger partial charge in [0.1, 0.15) is 5.75 Å². The molecule has 0 spiro atoms. The lowest BCUT2D eigenvalue weighted by atomic mass is 10.2. The number of hydrogen-bond donors (Lipinski definition) is 1. The van der Waals surface area contributed by atoms with Crippen LogP contribution in [0.2, 0.25) is 0 Å². The van der Waals surface area contributed by atoms with E-state index in [1.54, 1.807) is 12.1 Å². The number of rotatable bonds is 3. The fraction of sp³-hybridized carbons (Fsp3) is 0. The van der Waals surface area contributed by atoms with Crippen molar-refractivity contribution >= 4 is 12.2 Å². The van der Waals surface area contributed by atoms with Crippen LogP contribution in [0, 0.1) is 0 Å². The maximum Gasteiger partial charge on any atom is 0.115 e. The fourth-order valence-electron chi connectivity index (χ4n) is 1.48. The molecule has 0 aromatic heterocycles. The zero-order valence-corrected chi connectivity index (χ0v) is 9.45. The summed E-state index contributed by atoms with van der Waals surface area (Å²) in [5.41, 5.74) is 2.25. The highest BCUT2D eigenvalue weighted by Crippen LogP contribution is 2.11. The van der Waals surface area contributed by atoms with Crippen molar-refractivity contribution in [2.75, 3.05) is 0 Å². The smallest absolute Gasteiger partial charge is 0.115 e. The van der Waals surface area contributed by atoms with Crippen molar-refractivity contribution in [3.8, 4) is 5.75 Å². The molecule has 0 amide bonds. The second kappa shape index (κ2) is 5.71. The van der Waals surface area contributed by atoms with Gasteiger partial charge in [0, 0.05) is 0 Å². The molecular weight excluding hydrogens is 208 g/mol. The Morgan fingerprint density at radius 2 is 1.18 bits per heavy atom. The lowest BCUT2D eigenvalue weighted by Gasteiger charge is -1.92. The van der Waals surface area contributed by atoms with Crippen LogP contribution in [0.15, 0.2) is 66.7 Å². The normalized spacial score (nSPS) is 11.3. The Bertz CT molecular complexity index is 507. The monoisotopic (exact) mass is 222 g/mol. The summed E-state index contributed by atoms with van der Waals surface area (Å²) in [4.78, 5) is 0. The van der Waals surface area contributed by atoms with E-state index in [-0.39, 0.29) is 0 Å². The molecule has 0 aliphatic carbocycles. The molecule has 0 fully saturated rings. The topological polar surface area (TPSA) is 20.2 Å². The van der Waals surface area contributed by atoms with Gasteiger partial charge in [-0.25, -0.2) is 0 Å². The molecule has 84 valence electrons. The van der Waals surface area contributed by atoms with Crippen LogP contribution in [0.1, 0.15) is 11.1 Å². The maximum absolute atomic E-state index is 9.14. The van der Waals surface area contributed by atoms with Crippen LogP contribution in [0.25, 0.3) is 12.2 Å². The summed E-state index contributed by atoms with van der Waals surface area (Å²) in [7, 11) is 0. The minimum absolute atomic E-state index is 0.293. The standard InChI is InChI=1S/C16H14O/c17-16-12-10-15(11-13-16)9-5-4-8-14-6-2-1-3-7-14/h1-13,17H. The predicted molar refractivity (Wildman–Crippen MR) is 72.6 cm³/mol. The number of aromatic hydroxyl groups is 1. The van der Waals surface area contributed by atoms with Gasteiger partial charge in [0.05, 0.1) is 0 Å². The molecule has 0 aliphatic heterocycles. The Kier molecular flexibility index (Phi) is 3.77. The molecule has 0 unspecified atom stereocenters. The van der Waals surface area contributed by atoms with E-state index in [1.165, 1.54) is 5.56 Å². The first-order valence-electron chi connectivity index (χ1n) is 5.53. The van der Waals surface area contributed by atoms with Crippen molar-refractivity contribution in [2.45, 2.75) is 0 Å². The molecule has 0 aliphatic rings. The lowest BCUT2D eigenvalue weighted by Crippen LogP contribution is -1.69. The average Bonchev–Trinajstić information content (AvgIpc) is 2.38. The zero-order chi connectivity index (χ0) is 11.9. The Morgan fingerprint density at radius 1 is 0.647 bits per heavy atom. The minimum Gasteiger partial charge on any atom is -0.508 e. The first-order chi connectivity index (χ1) is 8.34. The molecule has 17 heavy (non-hydrogen) atoms. The van der Waals surface area contributed by atoms with Crippen LogP contribution in [0.5, 0.6) is 5.75 Å². The Labute approximate surface area is 101 Å². The van der Waals surface area contributed by atoms with E-state index in [2.05, 4.69) is 18.2 Å². The molecular formula is C16H14O. The molecule has 0 saturated carbocycles. The zero-order valence-electron chi connectivity index (χ0n) is 9.45. The summed E-state index contributed by atoms with van der Waals surface area (Å²) in [6.07, 6.45) is 8.04. The third-order valence-corrected chi connectivity index (χ3v) is 2.38. The quantitative estimate of drug-likeness (QED) is 0.774. The number of allylic oxidation sites excluding steroid dienone is 2. The van der Waals surface area contributed by atoms with Crippen molar-refractivity contribution in [3.05, 3.63) is 77.9 Å². The fourth-order valence-corrected chi connectivity index (χ4v) is 1.48. The molecule has 2 aromatic rings. The molecule has 0 saturated heterocycles. The van der Waals surface area contributed by atoms with E-state index >= 15 is 0 Å². The Balaban J connectivity index is 1.98. The second-order valence-corrected chi connectivity index (χ2v) is 3.72. The van der Waals surface area contributed by atoms with Crippen LogP contribution in [-0.2, 0) is 0 Å². The Hall–Kier alpha value is -2.28. The summed E-state index contributed by atoms with van der Waals surface area (Å²) < 4.78 is 0. The third kappa shape index (κ3) is 3.65. The molecule has 0 radical (unpaired) electrons. The van der Waals surface area contributed by atoms with Gasteiger partial charge in [-0.15, -0.1) is 0 Å². The van der Waals surface area contributed by atoms with Crippen molar-refractivity contribution < 1.29 is 5.11 Å². The highest BCUT2D eigenvalue weighted by molar-refractivity contribution is 5.57. The van der Waals surface area contributed by atoms with Gasteiger partial charge < -0.3 is 5.11 Å². The number of hydrogen-bond acceptors (Lipinski definition) is 1. The first-order valence-corrected chi connectivity index (χ1v) is 5.53. The molecule has 0 atom stereocenters. The van der Waals surface area contributed by atoms with Crippen LogP contribution >= 0.6 is 0 Å². The summed E-state index contributed by atoms with van der Waals surface area (Å²) in [6.45, 7) is 0. The van der Waals surface area contributed by atoms with Crippen molar-refractivity contribution in [2.24, 2.45) is 0 Å². The maximum atomic E-state index is 9.14. The van der Waals surface area contributed by atoms with Crippen LogP contribution in [0.3, 0.4) is 0 Å². The summed E-state index contributed by atoms with van der Waals surface area (Å²) in [5, 5.41) is 9.14. The molecule has 1 nitrogen and oxygen atoms in total. The largest absolute Gasteiger partial charge is 0.508 e. The van der Waals surface area contributed by atoms with E-state index in [0.29, 0.717) is 5.75 Å². The predicted octanol–water partition coefficient (Wildman–Crippen LogP) is 4.12. The van der Waals surface area contributed by atoms with E-state index in [0.717, 1.165) is 5.56 Å². The van der Waals surface area contributed by atoms with Gasteiger partial charge in [0.25, 0.3) is 0 Å².